The molecule has 0 fully saturated rings. The van der Waals surface area contributed by atoms with E-state index in [4.69, 9.17) is 4.74 Å². The third-order valence-corrected chi connectivity index (χ3v) is 2.03. The lowest BCUT2D eigenvalue weighted by Crippen LogP contribution is -2.22. The van der Waals surface area contributed by atoms with Gasteiger partial charge in [-0.2, -0.15) is 19.1 Å². The molecule has 13 heavy (non-hydrogen) atoms. The Kier molecular flexibility index (Phi) is 5.36. The number of ether oxygens (including phenoxy) is 1. The van der Waals surface area contributed by atoms with E-state index in [2.05, 4.69) is 34.3 Å². The van der Waals surface area contributed by atoms with Crippen LogP contribution in [-0.2, 0) is 4.74 Å². The predicted molar refractivity (Wildman–Crippen MR) is 58.3 cm³/mol. The predicted octanol–water partition coefficient (Wildman–Crippen LogP) is 3.88. The topological polar surface area (TPSA) is 9.23 Å². The van der Waals surface area contributed by atoms with Gasteiger partial charge in [0.25, 0.3) is 0 Å². The number of rotatable bonds is 6. The normalized spacial score (nSPS) is 12.5. The van der Waals surface area contributed by atoms with E-state index in [-0.39, 0.29) is 5.60 Å². The van der Waals surface area contributed by atoms with Crippen molar-refractivity contribution in [1.29, 1.82) is 0 Å². The summed E-state index contributed by atoms with van der Waals surface area (Å²) in [5.74, 6) is 1.02. The summed E-state index contributed by atoms with van der Waals surface area (Å²) in [7, 11) is 0. The van der Waals surface area contributed by atoms with Crippen LogP contribution >= 0.6 is 0 Å². The summed E-state index contributed by atoms with van der Waals surface area (Å²) >= 11 is 0. The second kappa shape index (κ2) is 5.74. The van der Waals surface area contributed by atoms with Gasteiger partial charge in [-0.25, -0.2) is 0 Å². The van der Waals surface area contributed by atoms with Crippen LogP contribution in [0.4, 0.5) is 0 Å². The molecule has 0 aliphatic heterocycles. The third kappa shape index (κ3) is 5.40. The Morgan fingerprint density at radius 1 is 1.46 bits per heavy atom. The molecule has 1 heteroatoms. The molecule has 0 aliphatic carbocycles. The minimum absolute atomic E-state index is 0.0587. The fourth-order valence-corrected chi connectivity index (χ4v) is 0.826. The first-order chi connectivity index (χ1) is 6.05. The van der Waals surface area contributed by atoms with Crippen LogP contribution in [0.25, 0.3) is 0 Å². The van der Waals surface area contributed by atoms with Crippen LogP contribution in [-0.4, -0.2) is 5.60 Å². The summed E-state index contributed by atoms with van der Waals surface area (Å²) in [5, 5.41) is 0. The van der Waals surface area contributed by atoms with Gasteiger partial charge in [0, 0.05) is 0 Å². The number of hydrogen-bond donors (Lipinski definition) is 0. The zero-order valence-electron chi connectivity index (χ0n) is 9.26. The average Bonchev–Trinajstić information content (AvgIpc) is 2.12. The lowest BCUT2D eigenvalue weighted by molar-refractivity contribution is 0.0278. The molecule has 0 aromatic heterocycles. The zero-order valence-corrected chi connectivity index (χ0v) is 9.26. The maximum Gasteiger partial charge on any atom is 0.0869 e. The maximum atomic E-state index is 5.82. The van der Waals surface area contributed by atoms with Gasteiger partial charge in [-0.3, -0.25) is 0 Å². The highest BCUT2D eigenvalue weighted by Crippen LogP contribution is 2.20. The summed E-state index contributed by atoms with van der Waals surface area (Å²) in [6, 6.07) is 0. The Hall–Kier alpha value is -0.850. The van der Waals surface area contributed by atoms with Crippen LogP contribution in [0.15, 0.2) is 24.5 Å². The van der Waals surface area contributed by atoms with Gasteiger partial charge < -0.3 is 4.74 Å². The quantitative estimate of drug-likeness (QED) is 0.446. The lowest BCUT2D eigenvalue weighted by Gasteiger charge is -2.30. The molecule has 0 saturated carbocycles. The van der Waals surface area contributed by atoms with Gasteiger partial charge in [-0.05, 0) is 32.4 Å². The van der Waals surface area contributed by atoms with E-state index in [1.54, 1.807) is 6.08 Å². The molecule has 0 saturated heterocycles. The van der Waals surface area contributed by atoms with Gasteiger partial charge in [-0.1, -0.05) is 13.8 Å². The maximum absolute atomic E-state index is 5.82. The zero-order chi connectivity index (χ0) is 10.3. The molecule has 0 radical (unpaired) electrons. The molecule has 0 rings (SSSR count). The molecule has 0 heterocycles. The molecule has 0 N–H and O–H groups in total. The van der Waals surface area contributed by atoms with Gasteiger partial charge in [0.2, 0.25) is 0 Å². The second-order valence-corrected chi connectivity index (χ2v) is 3.63. The van der Waals surface area contributed by atoms with Crippen molar-refractivity contribution < 1.29 is 4.74 Å². The minimum atomic E-state index is -0.0587. The molecule has 0 atom stereocenters. The van der Waals surface area contributed by atoms with Crippen LogP contribution in [0.1, 0.15) is 40.5 Å². The van der Waals surface area contributed by atoms with Crippen molar-refractivity contribution in [3.8, 4) is 0 Å². The standard InChI is InChI=1S/C12H21O/c1-6-9-10-11(7-2)13-12(4,5)8-3/h6,9-10H,1,7-8H2,2-5H3/q-1/b11-10+. The Labute approximate surface area is 82.5 Å². The van der Waals surface area contributed by atoms with Crippen LogP contribution in [0.2, 0.25) is 0 Å². The summed E-state index contributed by atoms with van der Waals surface area (Å²) in [6.07, 6.45) is 7.58. The van der Waals surface area contributed by atoms with E-state index < -0.39 is 0 Å². The second-order valence-electron chi connectivity index (χ2n) is 3.63. The van der Waals surface area contributed by atoms with Gasteiger partial charge in [0.1, 0.15) is 0 Å². The first kappa shape index (κ1) is 12.2. The lowest BCUT2D eigenvalue weighted by atomic mass is 10.1. The van der Waals surface area contributed by atoms with Crippen molar-refractivity contribution in [2.75, 3.05) is 0 Å². The Bertz CT molecular complexity index is 178. The summed E-state index contributed by atoms with van der Waals surface area (Å²) in [5.41, 5.74) is -0.0587. The third-order valence-electron chi connectivity index (χ3n) is 2.03. The van der Waals surface area contributed by atoms with Crippen LogP contribution in [0, 0.1) is 6.42 Å². The van der Waals surface area contributed by atoms with Gasteiger partial charge in [-0.15, -0.1) is 6.08 Å². The monoisotopic (exact) mass is 181 g/mol. The fourth-order valence-electron chi connectivity index (χ4n) is 0.826. The summed E-state index contributed by atoms with van der Waals surface area (Å²) < 4.78 is 5.82. The van der Waals surface area contributed by atoms with E-state index >= 15 is 0 Å². The molecule has 0 aromatic carbocycles. The molecular formula is C12H21O-. The van der Waals surface area contributed by atoms with Crippen molar-refractivity contribution >= 4 is 0 Å². The Morgan fingerprint density at radius 3 is 2.46 bits per heavy atom. The molecule has 0 bridgehead atoms. The SMILES string of the molecule is C=C[CH-]/C=C(\CC)OC(C)(C)CC. The highest BCUT2D eigenvalue weighted by Gasteiger charge is 2.14. The smallest absolute Gasteiger partial charge is 0.0869 e. The first-order valence-electron chi connectivity index (χ1n) is 4.89. The van der Waals surface area contributed by atoms with Crippen molar-refractivity contribution in [3.63, 3.8) is 0 Å². The summed E-state index contributed by atoms with van der Waals surface area (Å²) in [6.45, 7) is 12.1. The fraction of sp³-hybridized carbons (Fsp3) is 0.583. The molecule has 0 amide bonds. The minimum Gasteiger partial charge on any atom is -0.549 e. The van der Waals surface area contributed by atoms with E-state index in [0.717, 1.165) is 18.6 Å². The molecule has 0 unspecified atom stereocenters. The molecule has 76 valence electrons. The largest absolute Gasteiger partial charge is 0.549 e. The van der Waals surface area contributed by atoms with Crippen molar-refractivity contribution in [3.05, 3.63) is 30.9 Å². The van der Waals surface area contributed by atoms with E-state index in [9.17, 15) is 0 Å². The van der Waals surface area contributed by atoms with E-state index in [1.165, 1.54) is 0 Å². The van der Waals surface area contributed by atoms with Crippen molar-refractivity contribution in [2.24, 2.45) is 0 Å². The van der Waals surface area contributed by atoms with Crippen LogP contribution in [0.5, 0.6) is 0 Å². The van der Waals surface area contributed by atoms with Gasteiger partial charge in [0.15, 0.2) is 0 Å². The van der Waals surface area contributed by atoms with Gasteiger partial charge >= 0.3 is 0 Å². The van der Waals surface area contributed by atoms with E-state index in [0.29, 0.717) is 0 Å². The van der Waals surface area contributed by atoms with E-state index in [1.807, 2.05) is 12.5 Å². The van der Waals surface area contributed by atoms with Crippen molar-refractivity contribution in [1.82, 2.24) is 0 Å². The highest BCUT2D eigenvalue weighted by atomic mass is 16.5. The first-order valence-corrected chi connectivity index (χ1v) is 4.89. The Balaban J connectivity index is 4.19. The Morgan fingerprint density at radius 2 is 2.08 bits per heavy atom. The summed E-state index contributed by atoms with van der Waals surface area (Å²) in [4.78, 5) is 0. The molecular weight excluding hydrogens is 160 g/mol. The highest BCUT2D eigenvalue weighted by molar-refractivity contribution is 5.09. The molecule has 0 aliphatic rings. The molecule has 0 aromatic rings. The van der Waals surface area contributed by atoms with Crippen molar-refractivity contribution in [2.45, 2.75) is 46.1 Å². The van der Waals surface area contributed by atoms with Crippen LogP contribution < -0.4 is 0 Å². The molecule has 1 nitrogen and oxygen atoms in total. The van der Waals surface area contributed by atoms with Gasteiger partial charge in [0.05, 0.1) is 5.60 Å². The van der Waals surface area contributed by atoms with Crippen LogP contribution in [0.3, 0.4) is 0 Å². The molecule has 0 spiro atoms. The average molecular weight is 181 g/mol. The number of allylic oxidation sites excluding steroid dienone is 3. The number of hydrogen-bond acceptors (Lipinski definition) is 1.